The van der Waals surface area contributed by atoms with Gasteiger partial charge in [0, 0.05) is 6.42 Å². The van der Waals surface area contributed by atoms with Gasteiger partial charge in [0.25, 0.3) is 0 Å². The Morgan fingerprint density at radius 2 is 2.20 bits per heavy atom. The first-order chi connectivity index (χ1) is 4.86. The fourth-order valence-electron chi connectivity index (χ4n) is 0.744. The van der Waals surface area contributed by atoms with Gasteiger partial charge in [0.1, 0.15) is 41.1 Å². The Balaban J connectivity index is 2.59. The summed E-state index contributed by atoms with van der Waals surface area (Å²) in [4.78, 5) is 0. The average Bonchev–Trinajstić information content (AvgIpc) is 2.37. The van der Waals surface area contributed by atoms with E-state index >= 15 is 0 Å². The maximum atomic E-state index is 5.34. The Kier molecular flexibility index (Phi) is 3.21. The molecule has 0 atom stereocenters. The molecule has 0 aliphatic carbocycles. The highest BCUT2D eigenvalue weighted by Gasteiger charge is 1.98. The predicted molar refractivity (Wildman–Crippen MR) is 46.9 cm³/mol. The van der Waals surface area contributed by atoms with Crippen molar-refractivity contribution in [2.75, 3.05) is 0 Å². The van der Waals surface area contributed by atoms with Crippen molar-refractivity contribution in [3.8, 4) is 0 Å². The van der Waals surface area contributed by atoms with Crippen molar-refractivity contribution in [3.05, 3.63) is 23.7 Å². The molecule has 0 fully saturated rings. The average molecular weight is 252 g/mol. The Bertz CT molecular complexity index is 195. The molecule has 0 spiro atoms. The van der Waals surface area contributed by atoms with Crippen LogP contribution in [0.3, 0.4) is 0 Å². The van der Waals surface area contributed by atoms with Gasteiger partial charge < -0.3 is 7.48 Å². The maximum absolute atomic E-state index is 5.34. The molecular formula is C7H9IO2. The number of hydrogen-bond donors (Lipinski definition) is 0. The quantitative estimate of drug-likeness (QED) is 0.771. The maximum Gasteiger partial charge on any atom is 0.130 e. The second kappa shape index (κ2) is 3.98. The Morgan fingerprint density at radius 1 is 1.50 bits per heavy atom. The fraction of sp³-hybridized carbons (Fsp3) is 0.429. The lowest BCUT2D eigenvalue weighted by molar-refractivity contribution is 0.343. The summed E-state index contributed by atoms with van der Waals surface area (Å²) in [7, 11) is 0. The number of rotatable bonds is 3. The molecule has 0 amide bonds. The summed E-state index contributed by atoms with van der Waals surface area (Å²) in [5, 5.41) is 0. The summed E-state index contributed by atoms with van der Waals surface area (Å²) in [6.45, 7) is 2.62. The second-order valence-electron chi connectivity index (χ2n) is 1.98. The molecule has 56 valence electrons. The van der Waals surface area contributed by atoms with Crippen molar-refractivity contribution in [2.45, 2.75) is 20.0 Å². The van der Waals surface area contributed by atoms with Crippen LogP contribution in [0.1, 0.15) is 18.4 Å². The molecule has 0 radical (unpaired) electrons. The molecule has 0 bridgehead atoms. The van der Waals surface area contributed by atoms with Crippen molar-refractivity contribution in [3.63, 3.8) is 0 Å². The molecule has 1 heterocycles. The van der Waals surface area contributed by atoms with Crippen LogP contribution in [-0.2, 0) is 16.1 Å². The number of hydrogen-bond acceptors (Lipinski definition) is 2. The van der Waals surface area contributed by atoms with E-state index in [2.05, 4.69) is 6.92 Å². The molecule has 0 aliphatic rings. The smallest absolute Gasteiger partial charge is 0.130 e. The lowest BCUT2D eigenvalue weighted by atomic mass is 10.4. The first-order valence-corrected chi connectivity index (χ1v) is 4.06. The Labute approximate surface area is 74.2 Å². The van der Waals surface area contributed by atoms with Crippen molar-refractivity contribution in [1.82, 2.24) is 0 Å². The normalized spacial score (nSPS) is 10.2. The summed E-state index contributed by atoms with van der Waals surface area (Å²) in [6, 6.07) is 3.92. The lowest BCUT2D eigenvalue weighted by Crippen LogP contribution is -1.77. The third-order valence-electron chi connectivity index (χ3n) is 1.26. The number of furan rings is 1. The first kappa shape index (κ1) is 8.07. The summed E-state index contributed by atoms with van der Waals surface area (Å²) in [5.74, 6) is 1.91. The third-order valence-corrected chi connectivity index (χ3v) is 1.57. The van der Waals surface area contributed by atoms with E-state index in [1.165, 1.54) is 0 Å². The van der Waals surface area contributed by atoms with Gasteiger partial charge in [-0.05, 0) is 12.1 Å². The van der Waals surface area contributed by atoms with Crippen LogP contribution in [0.15, 0.2) is 16.5 Å². The van der Waals surface area contributed by atoms with Gasteiger partial charge in [-0.2, -0.15) is 0 Å². The summed E-state index contributed by atoms with van der Waals surface area (Å²) in [5.41, 5.74) is 0. The standard InChI is InChI=1S/C7H9IO2/c1-2-6-3-4-7(10-6)5-9-8/h3-4H,2,5H2,1H3. The fourth-order valence-corrected chi connectivity index (χ4v) is 1.05. The van der Waals surface area contributed by atoms with E-state index in [1.807, 2.05) is 35.1 Å². The molecule has 1 rings (SSSR count). The highest BCUT2D eigenvalue weighted by Crippen LogP contribution is 2.10. The first-order valence-electron chi connectivity index (χ1n) is 3.18. The van der Waals surface area contributed by atoms with Crippen molar-refractivity contribution >= 4 is 23.0 Å². The molecule has 0 unspecified atom stereocenters. The zero-order valence-corrected chi connectivity index (χ0v) is 7.92. The SMILES string of the molecule is CCc1ccc(COI)o1. The number of halogens is 1. The van der Waals surface area contributed by atoms with E-state index < -0.39 is 0 Å². The lowest BCUT2D eigenvalue weighted by Gasteiger charge is -1.90. The molecule has 0 saturated heterocycles. The molecule has 1 aromatic rings. The minimum atomic E-state index is 0.556. The van der Waals surface area contributed by atoms with Gasteiger partial charge in [-0.3, -0.25) is 0 Å². The molecule has 3 heteroatoms. The minimum absolute atomic E-state index is 0.556. The molecule has 0 aliphatic heterocycles. The molecule has 0 saturated carbocycles. The third kappa shape index (κ3) is 1.98. The highest BCUT2D eigenvalue weighted by molar-refractivity contribution is 14.1. The Hall–Kier alpha value is -0.0300. The molecule has 2 nitrogen and oxygen atoms in total. The van der Waals surface area contributed by atoms with Crippen molar-refractivity contribution in [1.29, 1.82) is 0 Å². The van der Waals surface area contributed by atoms with Gasteiger partial charge in [0.05, 0.1) is 0 Å². The van der Waals surface area contributed by atoms with Crippen LogP contribution in [-0.4, -0.2) is 0 Å². The van der Waals surface area contributed by atoms with Crippen LogP contribution in [0, 0.1) is 0 Å². The zero-order chi connectivity index (χ0) is 7.40. The Morgan fingerprint density at radius 3 is 2.70 bits per heavy atom. The number of aryl methyl sites for hydroxylation is 1. The highest BCUT2D eigenvalue weighted by atomic mass is 127. The van der Waals surface area contributed by atoms with Gasteiger partial charge in [-0.15, -0.1) is 0 Å². The van der Waals surface area contributed by atoms with E-state index in [9.17, 15) is 0 Å². The van der Waals surface area contributed by atoms with Crippen molar-refractivity contribution in [2.24, 2.45) is 0 Å². The van der Waals surface area contributed by atoms with E-state index in [0.717, 1.165) is 17.9 Å². The van der Waals surface area contributed by atoms with Crippen molar-refractivity contribution < 1.29 is 7.48 Å². The van der Waals surface area contributed by atoms with Gasteiger partial charge in [0.2, 0.25) is 0 Å². The molecule has 1 aromatic heterocycles. The van der Waals surface area contributed by atoms with Crippen LogP contribution < -0.4 is 0 Å². The second-order valence-corrected chi connectivity index (χ2v) is 2.60. The molecule has 10 heavy (non-hydrogen) atoms. The summed E-state index contributed by atoms with van der Waals surface area (Å²) < 4.78 is 10.2. The molecular weight excluding hydrogens is 243 g/mol. The zero-order valence-electron chi connectivity index (χ0n) is 5.76. The molecule has 0 N–H and O–H groups in total. The monoisotopic (exact) mass is 252 g/mol. The predicted octanol–water partition coefficient (Wildman–Crippen LogP) is 2.71. The van der Waals surface area contributed by atoms with Gasteiger partial charge >= 0.3 is 0 Å². The summed E-state index contributed by atoms with van der Waals surface area (Å²) >= 11 is 1.85. The van der Waals surface area contributed by atoms with Gasteiger partial charge in [-0.25, -0.2) is 0 Å². The van der Waals surface area contributed by atoms with Gasteiger partial charge in [0.15, 0.2) is 0 Å². The van der Waals surface area contributed by atoms with E-state index in [4.69, 9.17) is 7.48 Å². The van der Waals surface area contributed by atoms with Crippen LogP contribution in [0.2, 0.25) is 0 Å². The van der Waals surface area contributed by atoms with E-state index in [-0.39, 0.29) is 0 Å². The van der Waals surface area contributed by atoms with E-state index in [1.54, 1.807) is 0 Å². The van der Waals surface area contributed by atoms with Crippen LogP contribution in [0.5, 0.6) is 0 Å². The van der Waals surface area contributed by atoms with Crippen LogP contribution in [0.4, 0.5) is 0 Å². The largest absolute Gasteiger partial charge is 0.464 e. The van der Waals surface area contributed by atoms with Gasteiger partial charge in [-0.1, -0.05) is 6.92 Å². The minimum Gasteiger partial charge on any atom is -0.464 e. The topological polar surface area (TPSA) is 22.4 Å². The van der Waals surface area contributed by atoms with E-state index in [0.29, 0.717) is 6.61 Å². The summed E-state index contributed by atoms with van der Waals surface area (Å²) in [6.07, 6.45) is 0.946. The van der Waals surface area contributed by atoms with Crippen LogP contribution >= 0.6 is 23.0 Å². The molecule has 0 aromatic carbocycles. The van der Waals surface area contributed by atoms with Crippen LogP contribution in [0.25, 0.3) is 0 Å².